The highest BCUT2D eigenvalue weighted by molar-refractivity contribution is 7.11. The molecule has 0 aliphatic heterocycles. The first kappa shape index (κ1) is 15.0. The monoisotopic (exact) mass is 317 g/mol. The first-order chi connectivity index (χ1) is 10.5. The minimum atomic E-state index is -0.413. The van der Waals surface area contributed by atoms with Crippen LogP contribution < -0.4 is 4.74 Å². The maximum Gasteiger partial charge on any atom is 0.357 e. The second kappa shape index (κ2) is 5.72. The van der Waals surface area contributed by atoms with Gasteiger partial charge in [0.1, 0.15) is 5.75 Å². The average Bonchev–Trinajstić information content (AvgIpc) is 3.05. The van der Waals surface area contributed by atoms with E-state index in [2.05, 4.69) is 31.0 Å². The summed E-state index contributed by atoms with van der Waals surface area (Å²) in [4.78, 5) is 15.8. The van der Waals surface area contributed by atoms with E-state index >= 15 is 0 Å². The molecule has 0 amide bonds. The van der Waals surface area contributed by atoms with Crippen molar-refractivity contribution in [3.8, 4) is 10.9 Å². The molecule has 0 saturated carbocycles. The maximum atomic E-state index is 11.6. The minimum Gasteiger partial charge on any atom is -0.461 e. The minimum absolute atomic E-state index is 0.188. The van der Waals surface area contributed by atoms with Gasteiger partial charge in [0.15, 0.2) is 5.69 Å². The summed E-state index contributed by atoms with van der Waals surface area (Å²) in [6, 6.07) is 6.18. The Morgan fingerprint density at radius 3 is 3.00 bits per heavy atom. The molecular weight excluding hydrogens is 298 g/mol. The highest BCUT2D eigenvalue weighted by Crippen LogP contribution is 2.40. The van der Waals surface area contributed by atoms with Crippen molar-refractivity contribution < 1.29 is 14.3 Å². The first-order valence-electron chi connectivity index (χ1n) is 7.43. The van der Waals surface area contributed by atoms with Gasteiger partial charge in [-0.2, -0.15) is 4.98 Å². The Hall–Kier alpha value is -1.88. The molecule has 0 saturated heterocycles. The number of hydrogen-bond donors (Lipinski definition) is 0. The standard InChI is InChI=1S/C17H19NO3S/c1-4-20-15(19)14-10-22-16(18-14)21-12-6-5-11-7-8-17(2,3)13(11)9-12/h5-6,9-10H,4,7-8H2,1-3H3. The topological polar surface area (TPSA) is 48.4 Å². The van der Waals surface area contributed by atoms with Crippen molar-refractivity contribution in [3.05, 3.63) is 40.4 Å². The fourth-order valence-electron chi connectivity index (χ4n) is 2.75. The van der Waals surface area contributed by atoms with Gasteiger partial charge < -0.3 is 9.47 Å². The highest BCUT2D eigenvalue weighted by atomic mass is 32.1. The van der Waals surface area contributed by atoms with E-state index < -0.39 is 5.97 Å². The van der Waals surface area contributed by atoms with Crippen molar-refractivity contribution in [2.24, 2.45) is 0 Å². The summed E-state index contributed by atoms with van der Waals surface area (Å²) in [5, 5.41) is 2.11. The normalized spacial score (nSPS) is 15.4. The molecule has 1 aromatic heterocycles. The lowest BCUT2D eigenvalue weighted by Crippen LogP contribution is -2.11. The Morgan fingerprint density at radius 2 is 2.23 bits per heavy atom. The van der Waals surface area contributed by atoms with E-state index in [9.17, 15) is 4.79 Å². The summed E-state index contributed by atoms with van der Waals surface area (Å²) in [6.45, 7) is 6.62. The Labute approximate surface area is 134 Å². The van der Waals surface area contributed by atoms with Crippen molar-refractivity contribution in [1.82, 2.24) is 4.98 Å². The van der Waals surface area contributed by atoms with Crippen LogP contribution in [0.4, 0.5) is 0 Å². The van der Waals surface area contributed by atoms with Crippen LogP contribution in [-0.4, -0.2) is 17.6 Å². The van der Waals surface area contributed by atoms with E-state index in [4.69, 9.17) is 9.47 Å². The predicted molar refractivity (Wildman–Crippen MR) is 85.9 cm³/mol. The molecule has 0 unspecified atom stereocenters. The van der Waals surface area contributed by atoms with Crippen LogP contribution in [0.25, 0.3) is 0 Å². The fourth-order valence-corrected chi connectivity index (χ4v) is 3.41. The number of carbonyl (C=O) groups excluding carboxylic acids is 1. The van der Waals surface area contributed by atoms with E-state index in [1.54, 1.807) is 12.3 Å². The average molecular weight is 317 g/mol. The largest absolute Gasteiger partial charge is 0.461 e. The van der Waals surface area contributed by atoms with Gasteiger partial charge >= 0.3 is 5.97 Å². The van der Waals surface area contributed by atoms with Crippen LogP contribution in [0.3, 0.4) is 0 Å². The van der Waals surface area contributed by atoms with Crippen molar-refractivity contribution >= 4 is 17.3 Å². The number of benzene rings is 1. The summed E-state index contributed by atoms with van der Waals surface area (Å²) in [5.74, 6) is 0.349. The van der Waals surface area contributed by atoms with E-state index in [1.807, 2.05) is 6.07 Å². The maximum absolute atomic E-state index is 11.6. The molecule has 0 N–H and O–H groups in total. The third kappa shape index (κ3) is 2.86. The zero-order valence-corrected chi connectivity index (χ0v) is 13.8. The van der Waals surface area contributed by atoms with Crippen molar-refractivity contribution in [3.63, 3.8) is 0 Å². The van der Waals surface area contributed by atoms with Gasteiger partial charge in [-0.25, -0.2) is 4.79 Å². The lowest BCUT2D eigenvalue weighted by atomic mass is 9.86. The van der Waals surface area contributed by atoms with Gasteiger partial charge in [-0.05, 0) is 48.4 Å². The molecule has 1 heterocycles. The lowest BCUT2D eigenvalue weighted by Gasteiger charge is -2.19. The molecule has 4 nitrogen and oxygen atoms in total. The Bertz CT molecular complexity index is 706. The van der Waals surface area contributed by atoms with Crippen LogP contribution in [0.1, 0.15) is 48.8 Å². The SMILES string of the molecule is CCOC(=O)c1csc(Oc2ccc3c(c2)C(C)(C)CC3)n1. The molecule has 2 aromatic rings. The van der Waals surface area contributed by atoms with Gasteiger partial charge in [0, 0.05) is 5.38 Å². The summed E-state index contributed by atoms with van der Waals surface area (Å²) >= 11 is 1.30. The second-order valence-electron chi connectivity index (χ2n) is 6.02. The molecule has 0 atom stereocenters. The zero-order chi connectivity index (χ0) is 15.7. The van der Waals surface area contributed by atoms with E-state index in [-0.39, 0.29) is 5.41 Å². The Balaban J connectivity index is 1.79. The van der Waals surface area contributed by atoms with Gasteiger partial charge in [-0.15, -0.1) is 0 Å². The van der Waals surface area contributed by atoms with Gasteiger partial charge in [-0.1, -0.05) is 31.3 Å². The van der Waals surface area contributed by atoms with Gasteiger partial charge in [-0.3, -0.25) is 0 Å². The zero-order valence-electron chi connectivity index (χ0n) is 13.0. The van der Waals surface area contributed by atoms with Crippen LogP contribution >= 0.6 is 11.3 Å². The van der Waals surface area contributed by atoms with Crippen LogP contribution in [0.2, 0.25) is 0 Å². The summed E-state index contributed by atoms with van der Waals surface area (Å²) in [7, 11) is 0. The molecule has 22 heavy (non-hydrogen) atoms. The molecule has 0 fully saturated rings. The molecular formula is C17H19NO3S. The van der Waals surface area contributed by atoms with Gasteiger partial charge in [0.25, 0.3) is 5.19 Å². The number of carbonyl (C=O) groups is 1. The third-order valence-corrected chi connectivity index (χ3v) is 4.72. The second-order valence-corrected chi connectivity index (χ2v) is 6.84. The smallest absolute Gasteiger partial charge is 0.357 e. The number of thiazole rings is 1. The number of aryl methyl sites for hydroxylation is 1. The quantitative estimate of drug-likeness (QED) is 0.787. The highest BCUT2D eigenvalue weighted by Gasteiger charge is 2.30. The summed E-state index contributed by atoms with van der Waals surface area (Å²) in [5.41, 5.74) is 3.22. The number of nitrogens with zero attached hydrogens (tertiary/aromatic N) is 1. The van der Waals surface area contributed by atoms with Gasteiger partial charge in [0.2, 0.25) is 0 Å². The van der Waals surface area contributed by atoms with E-state index in [0.29, 0.717) is 17.5 Å². The molecule has 3 rings (SSSR count). The predicted octanol–water partition coefficient (Wildman–Crippen LogP) is 4.34. The van der Waals surface area contributed by atoms with Crippen molar-refractivity contribution in [2.45, 2.75) is 39.0 Å². The molecule has 5 heteroatoms. The fraction of sp³-hybridized carbons (Fsp3) is 0.412. The summed E-state index contributed by atoms with van der Waals surface area (Å²) in [6.07, 6.45) is 2.28. The molecule has 1 aromatic carbocycles. The molecule has 0 radical (unpaired) electrons. The molecule has 116 valence electrons. The summed E-state index contributed by atoms with van der Waals surface area (Å²) < 4.78 is 10.7. The van der Waals surface area contributed by atoms with Crippen LogP contribution in [-0.2, 0) is 16.6 Å². The number of esters is 1. The molecule has 0 bridgehead atoms. The van der Waals surface area contributed by atoms with Crippen LogP contribution in [0.5, 0.6) is 10.9 Å². The Morgan fingerprint density at radius 1 is 1.41 bits per heavy atom. The first-order valence-corrected chi connectivity index (χ1v) is 8.31. The molecule has 1 aliphatic carbocycles. The van der Waals surface area contributed by atoms with Crippen molar-refractivity contribution in [2.75, 3.05) is 6.61 Å². The van der Waals surface area contributed by atoms with Crippen LogP contribution in [0, 0.1) is 0 Å². The van der Waals surface area contributed by atoms with Gasteiger partial charge in [0.05, 0.1) is 6.61 Å². The third-order valence-electron chi connectivity index (χ3n) is 4.00. The molecule has 0 spiro atoms. The Kier molecular flexibility index (Phi) is 3.91. The number of rotatable bonds is 4. The lowest BCUT2D eigenvalue weighted by molar-refractivity contribution is 0.0520. The van der Waals surface area contributed by atoms with E-state index in [1.165, 1.54) is 22.5 Å². The number of fused-ring (bicyclic) bond motifs is 1. The number of aromatic nitrogens is 1. The van der Waals surface area contributed by atoms with Crippen molar-refractivity contribution in [1.29, 1.82) is 0 Å². The van der Waals surface area contributed by atoms with Crippen LogP contribution in [0.15, 0.2) is 23.6 Å². The van der Waals surface area contributed by atoms with E-state index in [0.717, 1.165) is 18.6 Å². The number of hydrogen-bond acceptors (Lipinski definition) is 5. The number of ether oxygens (including phenoxy) is 2. The molecule has 1 aliphatic rings.